The zero-order valence-corrected chi connectivity index (χ0v) is 8.23. The van der Waals surface area contributed by atoms with E-state index in [1.54, 1.807) is 0 Å². The van der Waals surface area contributed by atoms with E-state index in [2.05, 4.69) is 13.1 Å². The summed E-state index contributed by atoms with van der Waals surface area (Å²) < 4.78 is 11.0. The van der Waals surface area contributed by atoms with Crippen molar-refractivity contribution in [3.05, 3.63) is 0 Å². The lowest BCUT2D eigenvalue weighted by Crippen LogP contribution is -2.51. The molecule has 0 radical (unpaired) electrons. The molecule has 1 aliphatic rings. The van der Waals surface area contributed by atoms with E-state index in [9.17, 15) is 0 Å². The van der Waals surface area contributed by atoms with Crippen LogP contribution in [-0.2, 0) is 9.47 Å². The fourth-order valence-electron chi connectivity index (χ4n) is 0.822. The zero-order chi connectivity index (χ0) is 7.83. The smallest absolute Gasteiger partial charge is 0.161 e. The maximum absolute atomic E-state index is 5.52. The largest absolute Gasteiger partial charge is 0.354 e. The van der Waals surface area contributed by atoms with Gasteiger partial charge in [-0.1, -0.05) is 13.1 Å². The molecule has 0 atom stereocenters. The third kappa shape index (κ3) is 2.07. The highest BCUT2D eigenvalue weighted by atomic mass is 28.3. The van der Waals surface area contributed by atoms with Crippen molar-refractivity contribution in [3.63, 3.8) is 0 Å². The Bertz CT molecular complexity index is 104. The molecule has 1 fully saturated rings. The Hall–Kier alpha value is 0.137. The predicted molar refractivity (Wildman–Crippen MR) is 43.5 cm³/mol. The van der Waals surface area contributed by atoms with Crippen LogP contribution in [-0.4, -0.2) is 26.3 Å². The van der Waals surface area contributed by atoms with Crippen molar-refractivity contribution in [1.82, 2.24) is 0 Å². The molecule has 1 aliphatic heterocycles. The predicted octanol–water partition coefficient (Wildman–Crippen LogP) is 1.56. The molecule has 60 valence electrons. The van der Waals surface area contributed by atoms with Gasteiger partial charge in [-0.3, -0.25) is 0 Å². The van der Waals surface area contributed by atoms with E-state index in [0.717, 1.165) is 12.5 Å². The SMILES string of the molecule is CC1(C)OC[Si](C)(C)CO1. The molecular formula is C7H16O2Si. The molecule has 1 rings (SSSR count). The van der Waals surface area contributed by atoms with Crippen LogP contribution in [0.3, 0.4) is 0 Å². The van der Waals surface area contributed by atoms with Gasteiger partial charge in [-0.15, -0.1) is 0 Å². The van der Waals surface area contributed by atoms with E-state index in [1.165, 1.54) is 0 Å². The van der Waals surface area contributed by atoms with Crippen LogP contribution in [0.1, 0.15) is 13.8 Å². The summed E-state index contributed by atoms with van der Waals surface area (Å²) in [5.41, 5.74) is 0. The molecule has 0 aromatic carbocycles. The van der Waals surface area contributed by atoms with Crippen LogP contribution in [0.4, 0.5) is 0 Å². The molecule has 0 aromatic heterocycles. The normalized spacial score (nSPS) is 30.0. The molecule has 1 heterocycles. The molecule has 1 saturated heterocycles. The molecule has 0 aliphatic carbocycles. The molecule has 0 bridgehead atoms. The first-order valence-electron chi connectivity index (χ1n) is 3.69. The van der Waals surface area contributed by atoms with Gasteiger partial charge in [0.15, 0.2) is 5.79 Å². The first kappa shape index (κ1) is 8.24. The second kappa shape index (κ2) is 2.32. The molecular weight excluding hydrogens is 144 g/mol. The molecule has 10 heavy (non-hydrogen) atoms. The fraction of sp³-hybridized carbons (Fsp3) is 1.00. The van der Waals surface area contributed by atoms with Crippen molar-refractivity contribution in [3.8, 4) is 0 Å². The second-order valence-corrected chi connectivity index (χ2v) is 9.05. The standard InChI is InChI=1S/C7H16O2Si/c1-7(2)8-5-10(3,4)6-9-7/h5-6H2,1-4H3. The van der Waals surface area contributed by atoms with E-state index >= 15 is 0 Å². The average molecular weight is 160 g/mol. The quantitative estimate of drug-likeness (QED) is 0.501. The van der Waals surface area contributed by atoms with Gasteiger partial charge in [0.2, 0.25) is 0 Å². The lowest BCUT2D eigenvalue weighted by Gasteiger charge is -2.38. The number of hydrogen-bond donors (Lipinski definition) is 0. The number of ether oxygens (including phenoxy) is 2. The maximum atomic E-state index is 5.52. The van der Waals surface area contributed by atoms with Gasteiger partial charge in [-0.25, -0.2) is 0 Å². The number of rotatable bonds is 0. The van der Waals surface area contributed by atoms with Crippen molar-refractivity contribution < 1.29 is 9.47 Å². The van der Waals surface area contributed by atoms with Gasteiger partial charge in [-0.05, 0) is 13.8 Å². The van der Waals surface area contributed by atoms with Crippen molar-refractivity contribution in [2.45, 2.75) is 32.7 Å². The Morgan fingerprint density at radius 2 is 1.50 bits per heavy atom. The van der Waals surface area contributed by atoms with Crippen molar-refractivity contribution >= 4 is 8.07 Å². The number of hydrogen-bond acceptors (Lipinski definition) is 2. The topological polar surface area (TPSA) is 18.5 Å². The van der Waals surface area contributed by atoms with E-state index in [-0.39, 0.29) is 5.79 Å². The van der Waals surface area contributed by atoms with Gasteiger partial charge >= 0.3 is 0 Å². The second-order valence-electron chi connectivity index (χ2n) is 4.14. The Labute approximate surface area is 63.5 Å². The Morgan fingerprint density at radius 1 is 1.10 bits per heavy atom. The van der Waals surface area contributed by atoms with Crippen molar-refractivity contribution in [1.29, 1.82) is 0 Å². The summed E-state index contributed by atoms with van der Waals surface area (Å²) in [4.78, 5) is 0. The highest BCUT2D eigenvalue weighted by molar-refractivity contribution is 6.77. The van der Waals surface area contributed by atoms with E-state index in [4.69, 9.17) is 9.47 Å². The third-order valence-corrected chi connectivity index (χ3v) is 3.47. The average Bonchev–Trinajstić information content (AvgIpc) is 1.79. The van der Waals surface area contributed by atoms with Gasteiger partial charge in [0.25, 0.3) is 0 Å². The molecule has 0 N–H and O–H groups in total. The van der Waals surface area contributed by atoms with Gasteiger partial charge in [0.1, 0.15) is 8.07 Å². The van der Waals surface area contributed by atoms with Crippen molar-refractivity contribution in [2.24, 2.45) is 0 Å². The van der Waals surface area contributed by atoms with Gasteiger partial charge in [0, 0.05) is 12.5 Å². The van der Waals surface area contributed by atoms with Crippen LogP contribution < -0.4 is 0 Å². The lowest BCUT2D eigenvalue weighted by atomic mass is 10.4. The summed E-state index contributed by atoms with van der Waals surface area (Å²) >= 11 is 0. The zero-order valence-electron chi connectivity index (χ0n) is 7.23. The minimum absolute atomic E-state index is 0.331. The summed E-state index contributed by atoms with van der Waals surface area (Å²) in [6.07, 6.45) is 1.86. The van der Waals surface area contributed by atoms with E-state index < -0.39 is 8.07 Å². The Morgan fingerprint density at radius 3 is 1.80 bits per heavy atom. The minimum Gasteiger partial charge on any atom is -0.354 e. The van der Waals surface area contributed by atoms with Gasteiger partial charge in [-0.2, -0.15) is 0 Å². The van der Waals surface area contributed by atoms with Crippen LogP contribution in [0.2, 0.25) is 13.1 Å². The molecule has 2 nitrogen and oxygen atoms in total. The lowest BCUT2D eigenvalue weighted by molar-refractivity contribution is -0.208. The summed E-state index contributed by atoms with van der Waals surface area (Å²) in [7, 11) is -1.12. The van der Waals surface area contributed by atoms with Gasteiger partial charge in [0.05, 0.1) is 0 Å². The van der Waals surface area contributed by atoms with E-state index in [1.807, 2.05) is 13.8 Å². The van der Waals surface area contributed by atoms with Crippen LogP contribution in [0.25, 0.3) is 0 Å². The molecule has 3 heteroatoms. The highest BCUT2D eigenvalue weighted by Crippen LogP contribution is 2.21. The Kier molecular flexibility index (Phi) is 1.91. The highest BCUT2D eigenvalue weighted by Gasteiger charge is 2.34. The monoisotopic (exact) mass is 160 g/mol. The fourth-order valence-corrected chi connectivity index (χ4v) is 2.38. The maximum Gasteiger partial charge on any atom is 0.161 e. The first-order valence-corrected chi connectivity index (χ1v) is 7.11. The Balaban J connectivity index is 2.46. The molecule has 0 spiro atoms. The summed E-state index contributed by atoms with van der Waals surface area (Å²) in [5, 5.41) is 0. The molecule has 0 amide bonds. The summed E-state index contributed by atoms with van der Waals surface area (Å²) in [6.45, 7) is 8.50. The van der Waals surface area contributed by atoms with Crippen molar-refractivity contribution in [2.75, 3.05) is 12.5 Å². The summed E-state index contributed by atoms with van der Waals surface area (Å²) in [5.74, 6) is -0.331. The molecule has 0 aromatic rings. The van der Waals surface area contributed by atoms with Crippen LogP contribution in [0, 0.1) is 0 Å². The minimum atomic E-state index is -1.12. The first-order chi connectivity index (χ1) is 4.41. The summed E-state index contributed by atoms with van der Waals surface area (Å²) in [6, 6.07) is 0. The van der Waals surface area contributed by atoms with Crippen LogP contribution in [0.5, 0.6) is 0 Å². The van der Waals surface area contributed by atoms with Gasteiger partial charge < -0.3 is 9.47 Å². The molecule has 0 unspecified atom stereocenters. The van der Waals surface area contributed by atoms with Crippen LogP contribution >= 0.6 is 0 Å². The third-order valence-electron chi connectivity index (χ3n) is 1.62. The van der Waals surface area contributed by atoms with E-state index in [0.29, 0.717) is 0 Å². The molecule has 0 saturated carbocycles. The van der Waals surface area contributed by atoms with Crippen LogP contribution in [0.15, 0.2) is 0 Å².